The van der Waals surface area contributed by atoms with E-state index in [1.807, 2.05) is 0 Å². The lowest BCUT2D eigenvalue weighted by Crippen LogP contribution is -2.40. The molecule has 7 nitrogen and oxygen atoms in total. The second kappa shape index (κ2) is 10.0. The van der Waals surface area contributed by atoms with E-state index in [-0.39, 0.29) is 11.5 Å². The molecule has 1 saturated carbocycles. The lowest BCUT2D eigenvalue weighted by molar-refractivity contribution is 0.0561. The lowest BCUT2D eigenvalue weighted by Gasteiger charge is -2.32. The van der Waals surface area contributed by atoms with Crippen LogP contribution in [0.3, 0.4) is 0 Å². The van der Waals surface area contributed by atoms with Gasteiger partial charge in [-0.2, -0.15) is 4.31 Å². The van der Waals surface area contributed by atoms with Crippen molar-refractivity contribution in [3.8, 4) is 5.75 Å². The summed E-state index contributed by atoms with van der Waals surface area (Å²) in [4.78, 5) is 2.48. The highest BCUT2D eigenvalue weighted by atomic mass is 32.2. The maximum Gasteiger partial charge on any atom is 0.243 e. The van der Waals surface area contributed by atoms with Crippen molar-refractivity contribution >= 4 is 10.0 Å². The Balaban J connectivity index is 1.48. The summed E-state index contributed by atoms with van der Waals surface area (Å²) in [7, 11) is -1.44. The number of benzene rings is 1. The second-order valence-corrected chi connectivity index (χ2v) is 9.62. The fourth-order valence-corrected chi connectivity index (χ4v) is 5.30. The fourth-order valence-electron chi connectivity index (χ4n) is 3.89. The highest BCUT2D eigenvalue weighted by molar-refractivity contribution is 7.89. The molecule has 1 aromatic rings. The number of hydrogen-bond donors (Lipinski definition) is 1. The highest BCUT2D eigenvalue weighted by Gasteiger charge is 2.26. The third-order valence-electron chi connectivity index (χ3n) is 5.57. The molecule has 0 bridgehead atoms. The van der Waals surface area contributed by atoms with Gasteiger partial charge >= 0.3 is 0 Å². The van der Waals surface area contributed by atoms with Crippen molar-refractivity contribution in [3.05, 3.63) is 24.3 Å². The first-order valence-corrected chi connectivity index (χ1v) is 11.6. The van der Waals surface area contributed by atoms with Crippen molar-refractivity contribution in [1.82, 2.24) is 9.21 Å². The summed E-state index contributed by atoms with van der Waals surface area (Å²) >= 11 is 0. The molecule has 2 aliphatic rings. The molecule has 1 atom stereocenters. The average Bonchev–Trinajstić information content (AvgIpc) is 2.74. The van der Waals surface area contributed by atoms with Crippen molar-refractivity contribution in [2.75, 3.05) is 46.5 Å². The predicted molar refractivity (Wildman–Crippen MR) is 107 cm³/mol. The SMILES string of the molecule is CN(C[C@H](O)COc1ccc(S(=O)(=O)N2CCOCC2)cc1)C1CCCCC1. The molecule has 3 rings (SSSR count). The number of aliphatic hydroxyl groups excluding tert-OH is 1. The molecule has 0 radical (unpaired) electrons. The number of likely N-dealkylation sites (N-methyl/N-ethyl adjacent to an activating group) is 1. The van der Waals surface area contributed by atoms with Crippen LogP contribution in [0.1, 0.15) is 32.1 Å². The summed E-state index contributed by atoms with van der Waals surface area (Å²) < 4.78 is 37.6. The Bertz CT molecular complexity index is 698. The first-order chi connectivity index (χ1) is 13.5. The lowest BCUT2D eigenvalue weighted by atomic mass is 9.94. The van der Waals surface area contributed by atoms with E-state index < -0.39 is 16.1 Å². The van der Waals surface area contributed by atoms with Crippen LogP contribution in [0.25, 0.3) is 0 Å². The van der Waals surface area contributed by atoms with Gasteiger partial charge in [0.2, 0.25) is 10.0 Å². The molecule has 1 heterocycles. The summed E-state index contributed by atoms with van der Waals surface area (Å²) in [6.45, 7) is 2.37. The maximum absolute atomic E-state index is 12.6. The molecule has 8 heteroatoms. The molecule has 2 fully saturated rings. The largest absolute Gasteiger partial charge is 0.491 e. The van der Waals surface area contributed by atoms with Gasteiger partial charge in [-0.15, -0.1) is 0 Å². The van der Waals surface area contributed by atoms with Gasteiger partial charge < -0.3 is 19.5 Å². The Labute approximate surface area is 168 Å². The molecule has 1 saturated heterocycles. The van der Waals surface area contributed by atoms with Gasteiger partial charge in [0.1, 0.15) is 18.5 Å². The Morgan fingerprint density at radius 3 is 2.46 bits per heavy atom. The average molecular weight is 413 g/mol. The predicted octanol–water partition coefficient (Wildman–Crippen LogP) is 1.71. The number of morpholine rings is 1. The maximum atomic E-state index is 12.6. The molecule has 158 valence electrons. The van der Waals surface area contributed by atoms with Crippen LogP contribution in [0.5, 0.6) is 5.75 Å². The van der Waals surface area contributed by atoms with Gasteiger partial charge in [0.15, 0.2) is 0 Å². The van der Waals surface area contributed by atoms with E-state index in [1.165, 1.54) is 36.4 Å². The second-order valence-electron chi connectivity index (χ2n) is 7.68. The number of hydrogen-bond acceptors (Lipinski definition) is 6. The molecule has 0 spiro atoms. The van der Waals surface area contributed by atoms with Crippen molar-refractivity contribution in [2.45, 2.75) is 49.1 Å². The van der Waals surface area contributed by atoms with Crippen LogP contribution in [0.4, 0.5) is 0 Å². The number of rotatable bonds is 8. The van der Waals surface area contributed by atoms with Gasteiger partial charge in [-0.1, -0.05) is 19.3 Å². The molecule has 0 aromatic heterocycles. The van der Waals surface area contributed by atoms with E-state index >= 15 is 0 Å². The van der Waals surface area contributed by atoms with E-state index in [2.05, 4.69) is 11.9 Å². The first kappa shape index (κ1) is 21.5. The van der Waals surface area contributed by atoms with E-state index in [1.54, 1.807) is 24.3 Å². The Morgan fingerprint density at radius 2 is 1.82 bits per heavy atom. The van der Waals surface area contributed by atoms with Crippen molar-refractivity contribution < 1.29 is 23.0 Å². The highest BCUT2D eigenvalue weighted by Crippen LogP contribution is 2.22. The number of nitrogens with zero attached hydrogens (tertiary/aromatic N) is 2. The van der Waals surface area contributed by atoms with Crippen molar-refractivity contribution in [2.24, 2.45) is 0 Å². The molecule has 0 unspecified atom stereocenters. The van der Waals surface area contributed by atoms with Crippen LogP contribution in [-0.2, 0) is 14.8 Å². The molecular weight excluding hydrogens is 380 g/mol. The summed E-state index contributed by atoms with van der Waals surface area (Å²) in [5.74, 6) is 0.556. The van der Waals surface area contributed by atoms with Crippen LogP contribution in [0, 0.1) is 0 Å². The summed E-state index contributed by atoms with van der Waals surface area (Å²) in [6.07, 6.45) is 5.66. The van der Waals surface area contributed by atoms with E-state index in [0.29, 0.717) is 44.6 Å². The van der Waals surface area contributed by atoms with Crippen LogP contribution in [0.2, 0.25) is 0 Å². The molecule has 28 heavy (non-hydrogen) atoms. The van der Waals surface area contributed by atoms with Crippen LogP contribution in [0.15, 0.2) is 29.2 Å². The van der Waals surface area contributed by atoms with Gasteiger partial charge in [-0.05, 0) is 44.2 Å². The zero-order chi connectivity index (χ0) is 20.0. The topological polar surface area (TPSA) is 79.3 Å². The van der Waals surface area contributed by atoms with Crippen LogP contribution < -0.4 is 4.74 Å². The van der Waals surface area contributed by atoms with Gasteiger partial charge in [0.25, 0.3) is 0 Å². The standard InChI is InChI=1S/C20H32N2O5S/c1-21(17-5-3-2-4-6-17)15-18(23)16-27-19-7-9-20(10-8-19)28(24,25)22-11-13-26-14-12-22/h7-10,17-18,23H,2-6,11-16H2,1H3/t18-/m0/s1. The van der Waals surface area contributed by atoms with E-state index in [4.69, 9.17) is 9.47 Å². The summed E-state index contributed by atoms with van der Waals surface area (Å²) in [6, 6.07) is 6.95. The fraction of sp³-hybridized carbons (Fsp3) is 0.700. The van der Waals surface area contributed by atoms with Crippen molar-refractivity contribution in [1.29, 1.82) is 0 Å². The quantitative estimate of drug-likeness (QED) is 0.700. The Hall–Kier alpha value is -1.19. The molecule has 1 aromatic carbocycles. The minimum Gasteiger partial charge on any atom is -0.491 e. The van der Waals surface area contributed by atoms with Crippen LogP contribution >= 0.6 is 0 Å². The smallest absolute Gasteiger partial charge is 0.243 e. The minimum atomic E-state index is -3.50. The summed E-state index contributed by atoms with van der Waals surface area (Å²) in [5, 5.41) is 10.3. The molecule has 1 N–H and O–H groups in total. The van der Waals surface area contributed by atoms with Crippen LogP contribution in [-0.4, -0.2) is 81.4 Å². The normalized spacial score (nSPS) is 21.0. The third kappa shape index (κ3) is 5.67. The van der Waals surface area contributed by atoms with Gasteiger partial charge in [-0.3, -0.25) is 0 Å². The van der Waals surface area contributed by atoms with E-state index in [0.717, 1.165) is 0 Å². The zero-order valence-electron chi connectivity index (χ0n) is 16.6. The number of aliphatic hydroxyl groups is 1. The Kier molecular flexibility index (Phi) is 7.70. The Morgan fingerprint density at radius 1 is 1.18 bits per heavy atom. The van der Waals surface area contributed by atoms with Gasteiger partial charge in [-0.25, -0.2) is 8.42 Å². The van der Waals surface area contributed by atoms with Gasteiger partial charge in [0, 0.05) is 25.7 Å². The molecule has 1 aliphatic carbocycles. The van der Waals surface area contributed by atoms with Gasteiger partial charge in [0.05, 0.1) is 18.1 Å². The molecule has 0 amide bonds. The number of ether oxygens (including phenoxy) is 2. The monoisotopic (exact) mass is 412 g/mol. The zero-order valence-corrected chi connectivity index (χ0v) is 17.4. The van der Waals surface area contributed by atoms with Crippen molar-refractivity contribution in [3.63, 3.8) is 0 Å². The minimum absolute atomic E-state index is 0.187. The molecular formula is C20H32N2O5S. The molecule has 1 aliphatic heterocycles. The summed E-state index contributed by atoms with van der Waals surface area (Å²) in [5.41, 5.74) is 0. The first-order valence-electron chi connectivity index (χ1n) is 10.2. The number of sulfonamides is 1. The van der Waals surface area contributed by atoms with E-state index in [9.17, 15) is 13.5 Å². The third-order valence-corrected chi connectivity index (χ3v) is 7.48.